The summed E-state index contributed by atoms with van der Waals surface area (Å²) in [5.41, 5.74) is 1.32. The molecule has 1 aliphatic heterocycles. The fourth-order valence-electron chi connectivity index (χ4n) is 2.95. The molecule has 4 rings (SSSR count). The lowest BCUT2D eigenvalue weighted by Crippen LogP contribution is -2.25. The summed E-state index contributed by atoms with van der Waals surface area (Å²) in [6.45, 7) is 0. The molecule has 0 saturated carbocycles. The van der Waals surface area contributed by atoms with Crippen LogP contribution in [0.1, 0.15) is 5.56 Å². The van der Waals surface area contributed by atoms with E-state index in [2.05, 4.69) is 4.99 Å². The zero-order valence-electron chi connectivity index (χ0n) is 14.1. The fourth-order valence-corrected chi connectivity index (χ4v) is 3.24. The van der Waals surface area contributed by atoms with Gasteiger partial charge in [-0.25, -0.2) is 4.99 Å². The quantitative estimate of drug-likeness (QED) is 0.519. The maximum Gasteiger partial charge on any atom is 0.282 e. The molecular weight excluding hydrogens is 403 g/mol. The van der Waals surface area contributed by atoms with Crippen molar-refractivity contribution in [3.05, 3.63) is 70.2 Å². The zero-order valence-corrected chi connectivity index (χ0v) is 15.6. The molecule has 3 N–H and O–H groups in total. The highest BCUT2D eigenvalue weighted by molar-refractivity contribution is 6.56. The third kappa shape index (κ3) is 2.93. The van der Waals surface area contributed by atoms with Gasteiger partial charge in [0.25, 0.3) is 5.91 Å². The van der Waals surface area contributed by atoms with Crippen LogP contribution in [0.3, 0.4) is 0 Å². The number of phenols is 3. The van der Waals surface area contributed by atoms with Crippen molar-refractivity contribution in [3.63, 3.8) is 0 Å². The molecule has 3 aromatic carbocycles. The smallest absolute Gasteiger partial charge is 0.282 e. The molecule has 28 heavy (non-hydrogen) atoms. The van der Waals surface area contributed by atoms with Crippen LogP contribution < -0.4 is 4.90 Å². The van der Waals surface area contributed by atoms with Crippen molar-refractivity contribution in [3.8, 4) is 17.2 Å². The molecule has 0 unspecified atom stereocenters. The van der Waals surface area contributed by atoms with Crippen LogP contribution in [0.2, 0.25) is 10.0 Å². The van der Waals surface area contributed by atoms with Gasteiger partial charge in [0.05, 0.1) is 15.7 Å². The Labute approximate surface area is 169 Å². The highest BCUT2D eigenvalue weighted by atomic mass is 35.5. The van der Waals surface area contributed by atoms with Gasteiger partial charge in [-0.15, -0.1) is 0 Å². The maximum absolute atomic E-state index is 13.1. The molecule has 1 heterocycles. The number of carbonyl (C=O) groups is 1. The molecule has 1 aliphatic rings. The molecule has 6 nitrogen and oxygen atoms in total. The van der Waals surface area contributed by atoms with Crippen molar-refractivity contribution in [2.24, 2.45) is 4.99 Å². The van der Waals surface area contributed by atoms with Gasteiger partial charge in [0.1, 0.15) is 17.1 Å². The van der Waals surface area contributed by atoms with Crippen molar-refractivity contribution >= 4 is 51.9 Å². The first-order valence-corrected chi connectivity index (χ1v) is 8.85. The van der Waals surface area contributed by atoms with Crippen molar-refractivity contribution in [1.29, 1.82) is 0 Å². The standard InChI is InChI=1S/C20H12Cl2N2O4/c21-14-7-1-10(9-15(14)22)23-17-13-6-8-16(26)19(27)18(13)24(20(17)28)11-2-4-12(25)5-3-11/h1-9,25-27H. The van der Waals surface area contributed by atoms with Gasteiger partial charge < -0.3 is 15.3 Å². The molecule has 0 saturated heterocycles. The zero-order chi connectivity index (χ0) is 20.0. The van der Waals surface area contributed by atoms with Gasteiger partial charge in [0.2, 0.25) is 0 Å². The molecule has 1 amide bonds. The van der Waals surface area contributed by atoms with E-state index in [9.17, 15) is 20.1 Å². The summed E-state index contributed by atoms with van der Waals surface area (Å²) in [5, 5.41) is 30.5. The first-order valence-electron chi connectivity index (χ1n) is 8.09. The number of amides is 1. The molecule has 0 atom stereocenters. The predicted molar refractivity (Wildman–Crippen MR) is 108 cm³/mol. The van der Waals surface area contributed by atoms with E-state index in [1.54, 1.807) is 12.1 Å². The second kappa shape index (κ2) is 6.74. The van der Waals surface area contributed by atoms with E-state index in [4.69, 9.17) is 23.2 Å². The van der Waals surface area contributed by atoms with E-state index in [0.29, 0.717) is 22.0 Å². The van der Waals surface area contributed by atoms with Crippen LogP contribution in [0.4, 0.5) is 17.1 Å². The summed E-state index contributed by atoms with van der Waals surface area (Å²) in [4.78, 5) is 18.8. The van der Waals surface area contributed by atoms with E-state index < -0.39 is 11.7 Å². The number of aliphatic imine (C=N–C) groups is 1. The topological polar surface area (TPSA) is 93.4 Å². The normalized spacial score (nSPS) is 14.6. The van der Waals surface area contributed by atoms with Gasteiger partial charge in [-0.05, 0) is 54.6 Å². The number of anilines is 2. The Morgan fingerprint density at radius 1 is 0.857 bits per heavy atom. The van der Waals surface area contributed by atoms with Crippen LogP contribution >= 0.6 is 23.2 Å². The van der Waals surface area contributed by atoms with E-state index in [1.165, 1.54) is 47.4 Å². The summed E-state index contributed by atoms with van der Waals surface area (Å²) in [6, 6.07) is 13.3. The average Bonchev–Trinajstić information content (AvgIpc) is 2.95. The Bertz CT molecular complexity index is 1140. The van der Waals surface area contributed by atoms with Crippen molar-refractivity contribution < 1.29 is 20.1 Å². The highest BCUT2D eigenvalue weighted by Gasteiger charge is 2.38. The second-order valence-corrected chi connectivity index (χ2v) is 6.86. The number of halogens is 2. The summed E-state index contributed by atoms with van der Waals surface area (Å²) in [6.07, 6.45) is 0. The van der Waals surface area contributed by atoms with Crippen LogP contribution in [0.5, 0.6) is 17.2 Å². The van der Waals surface area contributed by atoms with E-state index in [1.807, 2.05) is 0 Å². The minimum absolute atomic E-state index is 0.0282. The van der Waals surface area contributed by atoms with Gasteiger partial charge in [-0.2, -0.15) is 0 Å². The third-order valence-corrected chi connectivity index (χ3v) is 5.01. The fraction of sp³-hybridized carbons (Fsp3) is 0. The van der Waals surface area contributed by atoms with Gasteiger partial charge in [-0.1, -0.05) is 23.2 Å². The van der Waals surface area contributed by atoms with E-state index in [-0.39, 0.29) is 27.9 Å². The lowest BCUT2D eigenvalue weighted by atomic mass is 10.1. The number of hydrogen-bond donors (Lipinski definition) is 3. The Balaban J connectivity index is 1.92. The Morgan fingerprint density at radius 3 is 2.25 bits per heavy atom. The molecule has 0 fully saturated rings. The van der Waals surface area contributed by atoms with Crippen molar-refractivity contribution in [2.45, 2.75) is 0 Å². The molecule has 0 aliphatic carbocycles. The molecule has 140 valence electrons. The number of aromatic hydroxyl groups is 3. The minimum Gasteiger partial charge on any atom is -0.508 e. The van der Waals surface area contributed by atoms with Crippen LogP contribution in [0.25, 0.3) is 0 Å². The number of rotatable bonds is 2. The number of hydrogen-bond acceptors (Lipinski definition) is 5. The molecule has 8 heteroatoms. The largest absolute Gasteiger partial charge is 0.508 e. The maximum atomic E-state index is 13.1. The second-order valence-electron chi connectivity index (χ2n) is 6.05. The van der Waals surface area contributed by atoms with Gasteiger partial charge in [0.15, 0.2) is 11.5 Å². The molecular formula is C20H12Cl2N2O4. The van der Waals surface area contributed by atoms with Gasteiger partial charge in [-0.3, -0.25) is 9.69 Å². The van der Waals surface area contributed by atoms with Crippen LogP contribution in [0, 0.1) is 0 Å². The number of fused-ring (bicyclic) bond motifs is 1. The molecule has 3 aromatic rings. The SMILES string of the molecule is O=C1C(=Nc2ccc(Cl)c(Cl)c2)c2ccc(O)c(O)c2N1c1ccc(O)cc1. The van der Waals surface area contributed by atoms with Gasteiger partial charge in [0, 0.05) is 11.3 Å². The summed E-state index contributed by atoms with van der Waals surface area (Å²) < 4.78 is 0. The third-order valence-electron chi connectivity index (χ3n) is 4.27. The Hall–Kier alpha value is -3.22. The van der Waals surface area contributed by atoms with E-state index in [0.717, 1.165) is 0 Å². The summed E-state index contributed by atoms with van der Waals surface area (Å²) >= 11 is 12.0. The minimum atomic E-state index is -0.507. The molecule has 0 radical (unpaired) electrons. The summed E-state index contributed by atoms with van der Waals surface area (Å²) in [5.74, 6) is -1.29. The van der Waals surface area contributed by atoms with Crippen LogP contribution in [-0.4, -0.2) is 26.9 Å². The first-order chi connectivity index (χ1) is 13.4. The van der Waals surface area contributed by atoms with Crippen LogP contribution in [-0.2, 0) is 4.79 Å². The lowest BCUT2D eigenvalue weighted by molar-refractivity contribution is -0.111. The molecule has 0 bridgehead atoms. The van der Waals surface area contributed by atoms with E-state index >= 15 is 0 Å². The molecule has 0 aromatic heterocycles. The monoisotopic (exact) mass is 414 g/mol. The molecule has 0 spiro atoms. The summed E-state index contributed by atoms with van der Waals surface area (Å²) in [7, 11) is 0. The number of nitrogens with zero attached hydrogens (tertiary/aromatic N) is 2. The van der Waals surface area contributed by atoms with Crippen molar-refractivity contribution in [2.75, 3.05) is 4.90 Å². The van der Waals surface area contributed by atoms with Crippen LogP contribution in [0.15, 0.2) is 59.6 Å². The lowest BCUT2D eigenvalue weighted by Gasteiger charge is -2.18. The van der Waals surface area contributed by atoms with Gasteiger partial charge >= 0.3 is 0 Å². The average molecular weight is 415 g/mol. The highest BCUT2D eigenvalue weighted by Crippen LogP contribution is 2.46. The Morgan fingerprint density at radius 2 is 1.57 bits per heavy atom. The first kappa shape index (κ1) is 18.2. The number of benzene rings is 3. The Kier molecular flexibility index (Phi) is 4.37. The number of phenolic OH excluding ortho intramolecular Hbond substituents is 3. The number of carbonyl (C=O) groups excluding carboxylic acids is 1. The predicted octanol–water partition coefficient (Wildman–Crippen LogP) is 4.91. The van der Waals surface area contributed by atoms with Crippen molar-refractivity contribution in [1.82, 2.24) is 0 Å².